The van der Waals surface area contributed by atoms with Crippen molar-refractivity contribution in [3.05, 3.63) is 0 Å². The first-order chi connectivity index (χ1) is 8.21. The molecule has 0 aromatic carbocycles. The molecule has 1 saturated carbocycles. The highest BCUT2D eigenvalue weighted by Gasteiger charge is 2.48. The lowest BCUT2D eigenvalue weighted by atomic mass is 9.81. The monoisotopic (exact) mass is 268 g/mol. The highest BCUT2D eigenvalue weighted by molar-refractivity contribution is 4.89. The number of hydrogen-bond acceptors (Lipinski definition) is 3. The Morgan fingerprint density at radius 3 is 2.22 bits per heavy atom. The molecule has 6 heteroatoms. The van der Waals surface area contributed by atoms with Crippen LogP contribution in [-0.4, -0.2) is 67.5 Å². The van der Waals surface area contributed by atoms with Crippen LogP contribution in [0.5, 0.6) is 0 Å². The van der Waals surface area contributed by atoms with Crippen molar-refractivity contribution >= 4 is 0 Å². The smallest absolute Gasteiger partial charge is 0.393 e. The van der Waals surface area contributed by atoms with Gasteiger partial charge in [0.15, 0.2) is 0 Å². The number of alkyl halides is 3. The van der Waals surface area contributed by atoms with E-state index in [4.69, 9.17) is 0 Å². The van der Waals surface area contributed by atoms with Crippen LogP contribution >= 0.6 is 0 Å². The van der Waals surface area contributed by atoms with Crippen LogP contribution in [0.4, 0.5) is 13.2 Å². The molecule has 1 rings (SSSR count). The van der Waals surface area contributed by atoms with Gasteiger partial charge in [-0.1, -0.05) is 0 Å². The number of aliphatic hydroxyl groups excluding tert-OH is 1. The maximum atomic E-state index is 13.0. The predicted octanol–water partition coefficient (Wildman–Crippen LogP) is 1.57. The largest absolute Gasteiger partial charge is 0.393 e. The van der Waals surface area contributed by atoms with Crippen LogP contribution in [-0.2, 0) is 0 Å². The van der Waals surface area contributed by atoms with Gasteiger partial charge < -0.3 is 14.9 Å². The first kappa shape index (κ1) is 15.7. The molecule has 1 aliphatic carbocycles. The van der Waals surface area contributed by atoms with Crippen LogP contribution in [0.2, 0.25) is 0 Å². The van der Waals surface area contributed by atoms with Gasteiger partial charge in [0.2, 0.25) is 0 Å². The summed E-state index contributed by atoms with van der Waals surface area (Å²) in [4.78, 5) is 3.68. The number of hydrogen-bond donors (Lipinski definition) is 1. The zero-order valence-electron chi connectivity index (χ0n) is 11.2. The molecule has 0 heterocycles. The summed E-state index contributed by atoms with van der Waals surface area (Å²) in [7, 11) is 5.50. The second kappa shape index (κ2) is 6.21. The summed E-state index contributed by atoms with van der Waals surface area (Å²) in [6.07, 6.45) is -4.27. The fraction of sp³-hybridized carbons (Fsp3) is 1.00. The van der Waals surface area contributed by atoms with Crippen LogP contribution < -0.4 is 0 Å². The molecule has 108 valence electrons. The molecule has 0 saturated heterocycles. The van der Waals surface area contributed by atoms with Crippen LogP contribution in [0.25, 0.3) is 0 Å². The molecule has 0 aliphatic heterocycles. The molecule has 0 radical (unpaired) electrons. The lowest BCUT2D eigenvalue weighted by Crippen LogP contribution is -2.50. The summed E-state index contributed by atoms with van der Waals surface area (Å²) in [6, 6.07) is -0.603. The van der Waals surface area contributed by atoms with Crippen LogP contribution in [0.1, 0.15) is 19.3 Å². The van der Waals surface area contributed by atoms with E-state index in [2.05, 4.69) is 0 Å². The van der Waals surface area contributed by atoms with Gasteiger partial charge in [0.25, 0.3) is 0 Å². The SMILES string of the molecule is CN(C)CCN(C)C1CC(O)CCC1C(F)(F)F. The highest BCUT2D eigenvalue weighted by Crippen LogP contribution is 2.39. The van der Waals surface area contributed by atoms with E-state index in [1.807, 2.05) is 19.0 Å². The van der Waals surface area contributed by atoms with Gasteiger partial charge in [-0.15, -0.1) is 0 Å². The molecule has 3 nitrogen and oxygen atoms in total. The van der Waals surface area contributed by atoms with Crippen molar-refractivity contribution in [2.45, 2.75) is 37.6 Å². The molecular formula is C12H23F3N2O. The summed E-state index contributed by atoms with van der Waals surface area (Å²) < 4.78 is 38.9. The van der Waals surface area contributed by atoms with E-state index >= 15 is 0 Å². The molecule has 0 bridgehead atoms. The second-order valence-corrected chi connectivity index (χ2v) is 5.47. The molecular weight excluding hydrogens is 245 g/mol. The lowest BCUT2D eigenvalue weighted by molar-refractivity contribution is -0.203. The van der Waals surface area contributed by atoms with Gasteiger partial charge >= 0.3 is 6.18 Å². The number of halogens is 3. The van der Waals surface area contributed by atoms with Crippen LogP contribution in [0.15, 0.2) is 0 Å². The average Bonchev–Trinajstić information content (AvgIpc) is 2.23. The van der Waals surface area contributed by atoms with Crippen LogP contribution in [0.3, 0.4) is 0 Å². The number of aliphatic hydroxyl groups is 1. The van der Waals surface area contributed by atoms with Crippen molar-refractivity contribution in [2.75, 3.05) is 34.2 Å². The van der Waals surface area contributed by atoms with Crippen molar-refractivity contribution in [3.8, 4) is 0 Å². The second-order valence-electron chi connectivity index (χ2n) is 5.47. The van der Waals surface area contributed by atoms with E-state index in [0.29, 0.717) is 13.1 Å². The van der Waals surface area contributed by atoms with Gasteiger partial charge in [0.05, 0.1) is 12.0 Å². The number of rotatable bonds is 4. The third-order valence-electron chi connectivity index (χ3n) is 3.68. The Bertz CT molecular complexity index is 258. The Morgan fingerprint density at radius 2 is 1.72 bits per heavy atom. The maximum absolute atomic E-state index is 13.0. The summed E-state index contributed by atoms with van der Waals surface area (Å²) in [5.41, 5.74) is 0. The summed E-state index contributed by atoms with van der Waals surface area (Å²) in [6.45, 7) is 1.30. The topological polar surface area (TPSA) is 26.7 Å². The quantitative estimate of drug-likeness (QED) is 0.838. The van der Waals surface area contributed by atoms with E-state index in [-0.39, 0.29) is 19.3 Å². The van der Waals surface area contributed by atoms with E-state index in [9.17, 15) is 18.3 Å². The van der Waals surface area contributed by atoms with Gasteiger partial charge in [0, 0.05) is 19.1 Å². The molecule has 1 aliphatic rings. The molecule has 0 aromatic heterocycles. The van der Waals surface area contributed by atoms with E-state index in [1.54, 1.807) is 11.9 Å². The molecule has 18 heavy (non-hydrogen) atoms. The van der Waals surface area contributed by atoms with Gasteiger partial charge in [-0.25, -0.2) is 0 Å². The third kappa shape index (κ3) is 4.40. The Labute approximate surface area is 107 Å². The zero-order chi connectivity index (χ0) is 13.9. The Morgan fingerprint density at radius 1 is 1.11 bits per heavy atom. The lowest BCUT2D eigenvalue weighted by Gasteiger charge is -2.40. The molecule has 1 fully saturated rings. The third-order valence-corrected chi connectivity index (χ3v) is 3.68. The maximum Gasteiger partial charge on any atom is 0.393 e. The normalized spacial score (nSPS) is 30.2. The average molecular weight is 268 g/mol. The van der Waals surface area contributed by atoms with Gasteiger partial charge in [0.1, 0.15) is 0 Å². The molecule has 0 spiro atoms. The standard InChI is InChI=1S/C12H23F3N2O/c1-16(2)6-7-17(3)11-8-9(18)4-5-10(11)12(13,14)15/h9-11,18H,4-8H2,1-3H3. The van der Waals surface area contributed by atoms with Crippen molar-refractivity contribution < 1.29 is 18.3 Å². The van der Waals surface area contributed by atoms with Gasteiger partial charge in [-0.2, -0.15) is 13.2 Å². The molecule has 0 amide bonds. The predicted molar refractivity (Wildman–Crippen MR) is 64.4 cm³/mol. The zero-order valence-corrected chi connectivity index (χ0v) is 11.2. The van der Waals surface area contributed by atoms with Crippen LogP contribution in [0, 0.1) is 5.92 Å². The Hall–Kier alpha value is -0.330. The van der Waals surface area contributed by atoms with Crippen molar-refractivity contribution in [2.24, 2.45) is 5.92 Å². The van der Waals surface area contributed by atoms with E-state index in [1.165, 1.54) is 0 Å². The minimum atomic E-state index is -4.17. The minimum Gasteiger partial charge on any atom is -0.393 e. The molecule has 3 atom stereocenters. The van der Waals surface area contributed by atoms with E-state index in [0.717, 1.165) is 0 Å². The summed E-state index contributed by atoms with van der Waals surface area (Å²) in [5.74, 6) is -1.31. The van der Waals surface area contributed by atoms with Crippen molar-refractivity contribution in [1.82, 2.24) is 9.80 Å². The Kier molecular flexibility index (Phi) is 5.43. The molecule has 3 unspecified atom stereocenters. The fourth-order valence-corrected chi connectivity index (χ4v) is 2.52. The van der Waals surface area contributed by atoms with Crippen molar-refractivity contribution in [3.63, 3.8) is 0 Å². The van der Waals surface area contributed by atoms with Gasteiger partial charge in [-0.05, 0) is 40.4 Å². The summed E-state index contributed by atoms with van der Waals surface area (Å²) >= 11 is 0. The first-order valence-corrected chi connectivity index (χ1v) is 6.31. The van der Waals surface area contributed by atoms with Gasteiger partial charge in [-0.3, -0.25) is 0 Å². The van der Waals surface area contributed by atoms with Crippen molar-refractivity contribution in [1.29, 1.82) is 0 Å². The molecule has 1 N–H and O–H groups in total. The number of likely N-dealkylation sites (N-methyl/N-ethyl adjacent to an activating group) is 2. The highest BCUT2D eigenvalue weighted by atomic mass is 19.4. The fourth-order valence-electron chi connectivity index (χ4n) is 2.52. The van der Waals surface area contributed by atoms with E-state index < -0.39 is 24.2 Å². The first-order valence-electron chi connectivity index (χ1n) is 6.31. The summed E-state index contributed by atoms with van der Waals surface area (Å²) in [5, 5.41) is 9.58. The minimum absolute atomic E-state index is 0.0294. The Balaban J connectivity index is 2.66. The number of nitrogens with zero attached hydrogens (tertiary/aromatic N) is 2. The molecule has 0 aromatic rings.